The molecule has 29 heavy (non-hydrogen) atoms. The Morgan fingerprint density at radius 1 is 1.17 bits per heavy atom. The highest BCUT2D eigenvalue weighted by Crippen LogP contribution is 2.36. The molecule has 0 aliphatic carbocycles. The smallest absolute Gasteiger partial charge is 0.259 e. The third kappa shape index (κ3) is 4.87. The number of fused-ring (bicyclic) bond motifs is 1. The van der Waals surface area contributed by atoms with E-state index in [-0.39, 0.29) is 5.57 Å². The van der Waals surface area contributed by atoms with Crippen molar-refractivity contribution < 1.29 is 14.3 Å². The van der Waals surface area contributed by atoms with Crippen LogP contribution in [-0.4, -0.2) is 12.5 Å². The Morgan fingerprint density at radius 3 is 2.66 bits per heavy atom. The van der Waals surface area contributed by atoms with E-state index < -0.39 is 5.91 Å². The first kappa shape index (κ1) is 20.7. The van der Waals surface area contributed by atoms with E-state index in [2.05, 4.69) is 40.8 Å². The molecule has 0 saturated carbocycles. The average Bonchev–Trinajstić information content (AvgIpc) is 2.71. The molecule has 0 bridgehead atoms. The summed E-state index contributed by atoms with van der Waals surface area (Å²) in [5.41, 5.74) is 6.83. The molecule has 0 saturated heterocycles. The number of amides is 1. The monoisotopic (exact) mass is 498 g/mol. The van der Waals surface area contributed by atoms with Gasteiger partial charge in [0.25, 0.3) is 5.91 Å². The van der Waals surface area contributed by atoms with E-state index in [0.29, 0.717) is 30.3 Å². The van der Waals surface area contributed by atoms with Crippen molar-refractivity contribution in [2.75, 3.05) is 6.61 Å². The van der Waals surface area contributed by atoms with Crippen LogP contribution in [0.3, 0.4) is 0 Å². The van der Waals surface area contributed by atoms with Gasteiger partial charge in [0.15, 0.2) is 11.5 Å². The average molecular weight is 498 g/mol. The summed E-state index contributed by atoms with van der Waals surface area (Å²) in [5.74, 6) is 0.402. The number of nitrogens with zero attached hydrogens (tertiary/aromatic N) is 1. The van der Waals surface area contributed by atoms with Gasteiger partial charge in [-0.25, -0.2) is 0 Å². The molecule has 0 aromatic heterocycles. The standard InChI is InChI=1S/C23H19IN2O3/c1-2-28-21-12-15(10-18(13-25)23(26)27)11-20(24)22(21)29-14-17-8-5-7-16-6-3-4-9-19(16)17/h3-12H,2,14H2,1H3,(H2,26,27)/b18-10-. The lowest BCUT2D eigenvalue weighted by Crippen LogP contribution is -2.12. The fourth-order valence-electron chi connectivity index (χ4n) is 2.97. The Bertz CT molecular complexity index is 1130. The van der Waals surface area contributed by atoms with Gasteiger partial charge in [0.2, 0.25) is 0 Å². The topological polar surface area (TPSA) is 85.3 Å². The molecule has 0 fully saturated rings. The van der Waals surface area contributed by atoms with Crippen molar-refractivity contribution in [3.8, 4) is 17.6 Å². The molecule has 3 aromatic rings. The van der Waals surface area contributed by atoms with Crippen LogP contribution in [0.25, 0.3) is 16.8 Å². The predicted octanol–water partition coefficient (Wildman–Crippen LogP) is 4.81. The Balaban J connectivity index is 1.94. The van der Waals surface area contributed by atoms with Crippen molar-refractivity contribution >= 4 is 45.3 Å². The van der Waals surface area contributed by atoms with Crippen LogP contribution in [0.15, 0.2) is 60.2 Å². The van der Waals surface area contributed by atoms with E-state index in [1.54, 1.807) is 6.07 Å². The number of ether oxygens (including phenoxy) is 2. The van der Waals surface area contributed by atoms with Gasteiger partial charge in [-0.05, 0) is 69.6 Å². The van der Waals surface area contributed by atoms with E-state index in [1.165, 1.54) is 6.08 Å². The lowest BCUT2D eigenvalue weighted by molar-refractivity contribution is -0.114. The second kappa shape index (κ2) is 9.43. The zero-order valence-corrected chi connectivity index (χ0v) is 18.0. The number of carbonyl (C=O) groups excluding carboxylic acids is 1. The third-order valence-electron chi connectivity index (χ3n) is 4.28. The van der Waals surface area contributed by atoms with Crippen LogP contribution in [0.4, 0.5) is 0 Å². The zero-order valence-electron chi connectivity index (χ0n) is 15.8. The molecule has 0 aliphatic rings. The van der Waals surface area contributed by atoms with Gasteiger partial charge in [-0.15, -0.1) is 0 Å². The lowest BCUT2D eigenvalue weighted by Gasteiger charge is -2.15. The second-order valence-corrected chi connectivity index (χ2v) is 7.39. The summed E-state index contributed by atoms with van der Waals surface area (Å²) < 4.78 is 12.7. The number of carbonyl (C=O) groups is 1. The Hall–Kier alpha value is -3.05. The summed E-state index contributed by atoms with van der Waals surface area (Å²) in [7, 11) is 0. The maximum atomic E-state index is 11.3. The van der Waals surface area contributed by atoms with Gasteiger partial charge < -0.3 is 15.2 Å². The van der Waals surface area contributed by atoms with Crippen LogP contribution < -0.4 is 15.2 Å². The summed E-state index contributed by atoms with van der Waals surface area (Å²) in [4.78, 5) is 11.3. The summed E-state index contributed by atoms with van der Waals surface area (Å²) in [5, 5.41) is 11.4. The molecule has 6 heteroatoms. The van der Waals surface area contributed by atoms with Gasteiger partial charge in [0.05, 0.1) is 10.2 Å². The molecule has 0 radical (unpaired) electrons. The molecule has 2 N–H and O–H groups in total. The van der Waals surface area contributed by atoms with E-state index in [1.807, 2.05) is 43.3 Å². The molecule has 5 nitrogen and oxygen atoms in total. The SMILES string of the molecule is CCOc1cc(/C=C(/C#N)C(N)=O)cc(I)c1OCc1cccc2ccccc12. The number of hydrogen-bond donors (Lipinski definition) is 1. The van der Waals surface area contributed by atoms with Gasteiger partial charge in [-0.2, -0.15) is 5.26 Å². The van der Waals surface area contributed by atoms with Crippen molar-refractivity contribution in [3.63, 3.8) is 0 Å². The predicted molar refractivity (Wildman–Crippen MR) is 121 cm³/mol. The Morgan fingerprint density at radius 2 is 1.93 bits per heavy atom. The first-order valence-electron chi connectivity index (χ1n) is 9.01. The van der Waals surface area contributed by atoms with Gasteiger partial charge in [-0.1, -0.05) is 42.5 Å². The highest BCUT2D eigenvalue weighted by Gasteiger charge is 2.14. The van der Waals surface area contributed by atoms with Crippen molar-refractivity contribution in [1.82, 2.24) is 0 Å². The van der Waals surface area contributed by atoms with E-state index >= 15 is 0 Å². The number of hydrogen-bond acceptors (Lipinski definition) is 4. The van der Waals surface area contributed by atoms with Crippen LogP contribution in [0, 0.1) is 14.9 Å². The first-order valence-corrected chi connectivity index (χ1v) is 10.1. The minimum Gasteiger partial charge on any atom is -0.490 e. The van der Waals surface area contributed by atoms with E-state index in [9.17, 15) is 4.79 Å². The Kier molecular flexibility index (Phi) is 6.73. The molecule has 0 spiro atoms. The van der Waals surface area contributed by atoms with Crippen molar-refractivity contribution in [2.24, 2.45) is 5.73 Å². The first-order chi connectivity index (χ1) is 14.0. The van der Waals surface area contributed by atoms with Gasteiger partial charge in [0.1, 0.15) is 18.2 Å². The molecule has 3 rings (SSSR count). The lowest BCUT2D eigenvalue weighted by atomic mass is 10.1. The molecular weight excluding hydrogens is 479 g/mol. The number of halogens is 1. The van der Waals surface area contributed by atoms with Crippen molar-refractivity contribution in [1.29, 1.82) is 5.26 Å². The number of benzene rings is 3. The quantitative estimate of drug-likeness (QED) is 0.288. The van der Waals surface area contributed by atoms with E-state index in [0.717, 1.165) is 19.9 Å². The number of nitrogens with two attached hydrogens (primary N) is 1. The minimum absolute atomic E-state index is 0.118. The number of rotatable bonds is 7. The van der Waals surface area contributed by atoms with Crippen molar-refractivity contribution in [2.45, 2.75) is 13.5 Å². The highest BCUT2D eigenvalue weighted by molar-refractivity contribution is 14.1. The van der Waals surface area contributed by atoms with Crippen LogP contribution >= 0.6 is 22.6 Å². The van der Waals surface area contributed by atoms with Crippen LogP contribution in [0.5, 0.6) is 11.5 Å². The molecule has 146 valence electrons. The van der Waals surface area contributed by atoms with Crippen LogP contribution in [-0.2, 0) is 11.4 Å². The molecule has 3 aromatic carbocycles. The molecule has 1 amide bonds. The van der Waals surface area contributed by atoms with Crippen molar-refractivity contribution in [3.05, 3.63) is 74.9 Å². The molecule has 0 heterocycles. The van der Waals surface area contributed by atoms with Gasteiger partial charge in [0, 0.05) is 0 Å². The minimum atomic E-state index is -0.767. The summed E-state index contributed by atoms with van der Waals surface area (Å²) in [6.07, 6.45) is 1.45. The fraction of sp³-hybridized carbons (Fsp3) is 0.130. The van der Waals surface area contributed by atoms with Gasteiger partial charge in [-0.3, -0.25) is 4.79 Å². The highest BCUT2D eigenvalue weighted by atomic mass is 127. The third-order valence-corrected chi connectivity index (χ3v) is 5.08. The Labute approximate surface area is 182 Å². The number of primary amides is 1. The number of nitriles is 1. The molecule has 0 aliphatic heterocycles. The normalized spacial score (nSPS) is 11.1. The van der Waals surface area contributed by atoms with Crippen LogP contribution in [0.1, 0.15) is 18.1 Å². The largest absolute Gasteiger partial charge is 0.490 e. The van der Waals surface area contributed by atoms with E-state index in [4.69, 9.17) is 20.5 Å². The zero-order chi connectivity index (χ0) is 20.8. The molecule has 0 unspecified atom stereocenters. The molecule has 0 atom stereocenters. The summed E-state index contributed by atoms with van der Waals surface area (Å²) >= 11 is 2.15. The summed E-state index contributed by atoms with van der Waals surface area (Å²) in [6.45, 7) is 2.72. The summed E-state index contributed by atoms with van der Waals surface area (Å²) in [6, 6.07) is 19.7. The molecular formula is C23H19IN2O3. The van der Waals surface area contributed by atoms with Crippen LogP contribution in [0.2, 0.25) is 0 Å². The van der Waals surface area contributed by atoms with Gasteiger partial charge >= 0.3 is 0 Å². The maximum absolute atomic E-state index is 11.3. The fourth-order valence-corrected chi connectivity index (χ4v) is 3.75. The maximum Gasteiger partial charge on any atom is 0.259 e. The second-order valence-electron chi connectivity index (χ2n) is 6.22.